The van der Waals surface area contributed by atoms with Crippen molar-refractivity contribution in [3.63, 3.8) is 0 Å². The van der Waals surface area contributed by atoms with Crippen LogP contribution in [0.25, 0.3) is 10.2 Å². The van der Waals surface area contributed by atoms with Crippen LogP contribution in [-0.2, 0) is 0 Å². The molecular formula is C21H24FN5O2S. The van der Waals surface area contributed by atoms with Gasteiger partial charge >= 0.3 is 5.97 Å². The van der Waals surface area contributed by atoms with Crippen molar-refractivity contribution in [3.05, 3.63) is 46.9 Å². The number of carbonyl (C=O) groups is 1. The summed E-state index contributed by atoms with van der Waals surface area (Å²) in [7, 11) is 0. The molecule has 3 aromatic rings. The Morgan fingerprint density at radius 2 is 1.93 bits per heavy atom. The van der Waals surface area contributed by atoms with Gasteiger partial charge in [0.2, 0.25) is 0 Å². The topological polar surface area (TPSA) is 81.6 Å². The van der Waals surface area contributed by atoms with Crippen molar-refractivity contribution in [2.45, 2.75) is 13.3 Å². The third kappa shape index (κ3) is 4.36. The van der Waals surface area contributed by atoms with Gasteiger partial charge in [-0.15, -0.1) is 11.3 Å². The number of aryl methyl sites for hydroxylation is 1. The lowest BCUT2D eigenvalue weighted by atomic mass is 10.2. The van der Waals surface area contributed by atoms with Gasteiger partial charge in [-0.3, -0.25) is 4.90 Å². The molecular weight excluding hydrogens is 405 g/mol. The number of piperazine rings is 1. The molecule has 1 saturated heterocycles. The van der Waals surface area contributed by atoms with Gasteiger partial charge in [-0.05, 0) is 49.7 Å². The Bertz CT molecular complexity index is 1030. The molecule has 3 heterocycles. The van der Waals surface area contributed by atoms with Crippen LogP contribution in [0.15, 0.2) is 30.6 Å². The summed E-state index contributed by atoms with van der Waals surface area (Å²) in [5, 5.41) is 13.5. The molecule has 0 saturated carbocycles. The van der Waals surface area contributed by atoms with E-state index in [1.165, 1.54) is 29.8 Å². The Hall–Kier alpha value is -2.78. The Morgan fingerprint density at radius 1 is 1.20 bits per heavy atom. The SMILES string of the molecule is Cc1c(C(=O)O)sc2ncnc(NCCCN3CCN(c4ccc(F)cc4)CC3)c12. The summed E-state index contributed by atoms with van der Waals surface area (Å²) in [5.41, 5.74) is 1.78. The molecule has 158 valence electrons. The lowest BCUT2D eigenvalue weighted by Crippen LogP contribution is -2.46. The van der Waals surface area contributed by atoms with Crippen molar-refractivity contribution in [1.82, 2.24) is 14.9 Å². The molecule has 9 heteroatoms. The van der Waals surface area contributed by atoms with Crippen LogP contribution >= 0.6 is 11.3 Å². The molecule has 0 spiro atoms. The molecule has 1 aromatic carbocycles. The normalized spacial score (nSPS) is 14.9. The van der Waals surface area contributed by atoms with E-state index in [0.29, 0.717) is 21.1 Å². The summed E-state index contributed by atoms with van der Waals surface area (Å²) in [4.78, 5) is 25.6. The van der Waals surface area contributed by atoms with Crippen LogP contribution in [0.2, 0.25) is 0 Å². The molecule has 4 rings (SSSR count). The number of thiophene rings is 1. The van der Waals surface area contributed by atoms with E-state index in [-0.39, 0.29) is 5.82 Å². The molecule has 1 aliphatic rings. The van der Waals surface area contributed by atoms with Crippen LogP contribution in [0, 0.1) is 12.7 Å². The fourth-order valence-corrected chi connectivity index (χ4v) is 4.79. The highest BCUT2D eigenvalue weighted by Crippen LogP contribution is 2.33. The molecule has 1 aliphatic heterocycles. The minimum Gasteiger partial charge on any atom is -0.477 e. The first-order valence-corrected chi connectivity index (χ1v) is 10.8. The highest BCUT2D eigenvalue weighted by Gasteiger charge is 2.19. The summed E-state index contributed by atoms with van der Waals surface area (Å²) in [6.45, 7) is 7.33. The quantitative estimate of drug-likeness (QED) is 0.557. The summed E-state index contributed by atoms with van der Waals surface area (Å²) >= 11 is 1.18. The number of hydrogen-bond donors (Lipinski definition) is 2. The maximum absolute atomic E-state index is 13.1. The van der Waals surface area contributed by atoms with Crippen molar-refractivity contribution >= 4 is 39.0 Å². The van der Waals surface area contributed by atoms with Crippen molar-refractivity contribution in [3.8, 4) is 0 Å². The van der Waals surface area contributed by atoms with E-state index in [2.05, 4.69) is 25.1 Å². The summed E-state index contributed by atoms with van der Waals surface area (Å²) in [6, 6.07) is 6.68. The van der Waals surface area contributed by atoms with Gasteiger partial charge in [0.15, 0.2) is 0 Å². The van der Waals surface area contributed by atoms with Crippen LogP contribution in [0.3, 0.4) is 0 Å². The molecule has 0 atom stereocenters. The van der Waals surface area contributed by atoms with E-state index in [4.69, 9.17) is 0 Å². The van der Waals surface area contributed by atoms with Crippen LogP contribution < -0.4 is 10.2 Å². The zero-order chi connectivity index (χ0) is 21.1. The number of carboxylic acids is 1. The molecule has 2 N–H and O–H groups in total. The first-order chi connectivity index (χ1) is 14.5. The molecule has 0 aliphatic carbocycles. The zero-order valence-electron chi connectivity index (χ0n) is 16.8. The van der Waals surface area contributed by atoms with Gasteiger partial charge in [0, 0.05) is 38.4 Å². The van der Waals surface area contributed by atoms with Gasteiger partial charge in [-0.2, -0.15) is 0 Å². The highest BCUT2D eigenvalue weighted by atomic mass is 32.1. The van der Waals surface area contributed by atoms with E-state index in [0.717, 1.165) is 56.8 Å². The molecule has 0 amide bonds. The number of nitrogens with zero attached hydrogens (tertiary/aromatic N) is 4. The standard InChI is InChI=1S/C21H24FN5O2S/c1-14-17-19(24-13-25-20(17)30-18(14)21(28)29)23-7-2-8-26-9-11-27(12-10-26)16-5-3-15(22)4-6-16/h3-6,13H,2,7-12H2,1H3,(H,28,29)(H,23,24,25). The maximum atomic E-state index is 13.1. The van der Waals surface area contributed by atoms with E-state index >= 15 is 0 Å². The number of carboxylic acid groups (broad SMARTS) is 1. The molecule has 1 fully saturated rings. The monoisotopic (exact) mass is 429 g/mol. The number of fused-ring (bicyclic) bond motifs is 1. The first kappa shape index (κ1) is 20.5. The predicted octanol–water partition coefficient (Wildman–Crippen LogP) is 3.46. The second-order valence-electron chi connectivity index (χ2n) is 7.35. The number of benzene rings is 1. The second-order valence-corrected chi connectivity index (χ2v) is 8.35. The Labute approximate surface area is 178 Å². The average molecular weight is 430 g/mol. The Morgan fingerprint density at radius 3 is 2.63 bits per heavy atom. The lowest BCUT2D eigenvalue weighted by molar-refractivity contribution is 0.0701. The van der Waals surface area contributed by atoms with Crippen LogP contribution in [0.5, 0.6) is 0 Å². The van der Waals surface area contributed by atoms with Gasteiger partial charge in [0.1, 0.15) is 27.7 Å². The fourth-order valence-electron chi connectivity index (χ4n) is 3.80. The number of aromatic nitrogens is 2. The van der Waals surface area contributed by atoms with Gasteiger partial charge in [0.05, 0.1) is 5.39 Å². The van der Waals surface area contributed by atoms with Gasteiger partial charge < -0.3 is 15.3 Å². The third-order valence-corrected chi connectivity index (χ3v) is 6.62. The van der Waals surface area contributed by atoms with Gasteiger partial charge in [0.25, 0.3) is 0 Å². The van der Waals surface area contributed by atoms with Crippen LogP contribution in [-0.4, -0.2) is 65.2 Å². The third-order valence-electron chi connectivity index (χ3n) is 5.43. The molecule has 2 aromatic heterocycles. The van der Waals surface area contributed by atoms with Crippen LogP contribution in [0.1, 0.15) is 21.7 Å². The Balaban J connectivity index is 1.27. The number of rotatable bonds is 7. The minimum absolute atomic E-state index is 0.206. The van der Waals surface area contributed by atoms with Crippen molar-refractivity contribution in [1.29, 1.82) is 0 Å². The zero-order valence-corrected chi connectivity index (χ0v) is 17.6. The van der Waals surface area contributed by atoms with Crippen molar-refractivity contribution in [2.24, 2.45) is 0 Å². The number of hydrogen-bond acceptors (Lipinski definition) is 7. The largest absolute Gasteiger partial charge is 0.477 e. The minimum atomic E-state index is -0.929. The van der Waals surface area contributed by atoms with E-state index in [1.54, 1.807) is 6.92 Å². The number of aromatic carboxylic acids is 1. The number of anilines is 2. The molecule has 0 unspecified atom stereocenters. The smallest absolute Gasteiger partial charge is 0.346 e. The van der Waals surface area contributed by atoms with Gasteiger partial charge in [-0.25, -0.2) is 19.2 Å². The van der Waals surface area contributed by atoms with Gasteiger partial charge in [-0.1, -0.05) is 0 Å². The lowest BCUT2D eigenvalue weighted by Gasteiger charge is -2.36. The summed E-state index contributed by atoms with van der Waals surface area (Å²) < 4.78 is 13.1. The molecule has 30 heavy (non-hydrogen) atoms. The summed E-state index contributed by atoms with van der Waals surface area (Å²) in [5.74, 6) is -0.439. The van der Waals surface area contributed by atoms with Crippen LogP contribution in [0.4, 0.5) is 15.9 Å². The van der Waals surface area contributed by atoms with Crippen molar-refractivity contribution in [2.75, 3.05) is 49.5 Å². The number of nitrogens with one attached hydrogen (secondary N) is 1. The van der Waals surface area contributed by atoms with E-state index in [1.807, 2.05) is 12.1 Å². The molecule has 0 radical (unpaired) electrons. The highest BCUT2D eigenvalue weighted by molar-refractivity contribution is 7.20. The fraction of sp³-hybridized carbons (Fsp3) is 0.381. The Kier molecular flexibility index (Phi) is 6.10. The summed E-state index contributed by atoms with van der Waals surface area (Å²) in [6.07, 6.45) is 2.43. The predicted molar refractivity (Wildman–Crippen MR) is 117 cm³/mol. The number of halogens is 1. The average Bonchev–Trinajstić information content (AvgIpc) is 3.10. The molecule has 0 bridgehead atoms. The maximum Gasteiger partial charge on any atom is 0.346 e. The molecule has 7 nitrogen and oxygen atoms in total. The van der Waals surface area contributed by atoms with E-state index in [9.17, 15) is 14.3 Å². The first-order valence-electron chi connectivity index (χ1n) is 9.97. The van der Waals surface area contributed by atoms with Crippen molar-refractivity contribution < 1.29 is 14.3 Å². The second kappa shape index (κ2) is 8.93. The van der Waals surface area contributed by atoms with E-state index < -0.39 is 5.97 Å².